The number of hydrogen-bond acceptors (Lipinski definition) is 6. The number of ether oxygens (including phenoxy) is 1. The predicted octanol–water partition coefficient (Wildman–Crippen LogP) is 4.72. The Balaban J connectivity index is 0.00000968. The number of unbranched alkanes of at least 4 members (excludes halogenated alkanes) is 4. The van der Waals surface area contributed by atoms with Crippen molar-refractivity contribution >= 4 is 30.9 Å². The molecule has 6 nitrogen and oxygen atoms in total. The van der Waals surface area contributed by atoms with Gasteiger partial charge in [0, 0.05) is 44.0 Å². The molecule has 44 heavy (non-hydrogen) atoms. The lowest BCUT2D eigenvalue weighted by Gasteiger charge is -2.43. The van der Waals surface area contributed by atoms with Crippen molar-refractivity contribution in [2.24, 2.45) is 11.8 Å². The lowest BCUT2D eigenvalue weighted by molar-refractivity contribution is -0.140. The highest BCUT2D eigenvalue weighted by Crippen LogP contribution is 2.43. The first kappa shape index (κ1) is 40.4. The number of carbonyl (C=O) groups excluding carboxylic acids is 2. The minimum absolute atomic E-state index is 0. The summed E-state index contributed by atoms with van der Waals surface area (Å²) in [5.74, 6) is 0.0339. The lowest BCUT2D eigenvalue weighted by Crippen LogP contribution is -3.00. The minimum atomic E-state index is -2.52. The second-order valence-corrected chi connectivity index (χ2v) is 18.5. The van der Waals surface area contributed by atoms with E-state index in [1.54, 1.807) is 0 Å². The number of benzene rings is 1. The molecule has 2 unspecified atom stereocenters. The van der Waals surface area contributed by atoms with E-state index in [2.05, 4.69) is 89.5 Å². The highest BCUT2D eigenvalue weighted by molar-refractivity contribution is 6.88. The van der Waals surface area contributed by atoms with E-state index in [1.165, 1.54) is 18.0 Å². The molecule has 1 saturated carbocycles. The molecule has 1 aromatic carbocycles. The van der Waals surface area contributed by atoms with Crippen molar-refractivity contribution < 1.29 is 36.3 Å². The molecule has 0 bridgehead atoms. The Labute approximate surface area is 275 Å². The van der Waals surface area contributed by atoms with Gasteiger partial charge in [0.15, 0.2) is 0 Å². The molecule has 1 aromatic rings. The summed E-state index contributed by atoms with van der Waals surface area (Å²) in [4.78, 5) is 27.2. The molecule has 1 aliphatic rings. The third kappa shape index (κ3) is 11.6. The molecule has 0 radical (unpaired) electrons. The van der Waals surface area contributed by atoms with Crippen molar-refractivity contribution in [3.8, 4) is 0 Å². The molecule has 0 amide bonds. The number of carbonyl (C=O) groups is 2. The molecule has 0 spiro atoms. The van der Waals surface area contributed by atoms with Crippen LogP contribution in [0.5, 0.6) is 0 Å². The Kier molecular flexibility index (Phi) is 16.9. The Morgan fingerprint density at radius 1 is 1.07 bits per heavy atom. The quantitative estimate of drug-likeness (QED) is 0.107. The molecule has 0 aromatic heterocycles. The summed E-state index contributed by atoms with van der Waals surface area (Å²) < 4.78 is 12.0. The average Bonchev–Trinajstić information content (AvgIpc) is 3.25. The Morgan fingerprint density at radius 3 is 2.27 bits per heavy atom. The molecule has 0 saturated heterocycles. The molecular formula is C36H61ClNO5Si-. The number of esters is 1. The number of aliphatic hydroxyl groups is 1. The van der Waals surface area contributed by atoms with Crippen LogP contribution >= 0.6 is 0 Å². The number of hydrogen-bond donors (Lipinski definition) is 1. The standard InChI is InChI=1S/C36H61NO5Si.ClH/c1-10-12-25-36(6,40)26-17-19-31-30(18-15-13-14-16-20-34(39)41-8)32(38)27-33(31)42-43(9,35(3,4)5)29-23-21-28(22-24-29)37(7)11-2;/h17,19,21-24,30-31,33,40H,10-16,18,20,25-27H2,1-9H3;1H/p-1/b19-17+;/t30-,31-,33-,36?,43?;/m1./s1. The van der Waals surface area contributed by atoms with Gasteiger partial charge in [-0.2, -0.15) is 0 Å². The van der Waals surface area contributed by atoms with E-state index >= 15 is 0 Å². The van der Waals surface area contributed by atoms with Crippen molar-refractivity contribution in [3.63, 3.8) is 0 Å². The Bertz CT molecular complexity index is 1040. The second kappa shape index (κ2) is 18.5. The van der Waals surface area contributed by atoms with E-state index < -0.39 is 13.9 Å². The summed E-state index contributed by atoms with van der Waals surface area (Å²) in [5, 5.41) is 12.1. The fourth-order valence-electron chi connectivity index (χ4n) is 6.12. The first-order valence-corrected chi connectivity index (χ1v) is 19.1. The largest absolute Gasteiger partial charge is 1.00 e. The van der Waals surface area contributed by atoms with Crippen LogP contribution in [-0.4, -0.2) is 57.6 Å². The van der Waals surface area contributed by atoms with Crippen LogP contribution in [0.1, 0.15) is 112 Å². The van der Waals surface area contributed by atoms with Gasteiger partial charge in [-0.1, -0.05) is 84.1 Å². The lowest BCUT2D eigenvalue weighted by atomic mass is 9.87. The van der Waals surface area contributed by atoms with Gasteiger partial charge in [-0.25, -0.2) is 0 Å². The van der Waals surface area contributed by atoms with Crippen LogP contribution in [0.2, 0.25) is 11.6 Å². The molecule has 0 aliphatic heterocycles. The van der Waals surface area contributed by atoms with Gasteiger partial charge in [0.1, 0.15) is 5.78 Å². The zero-order valence-electron chi connectivity index (χ0n) is 29.1. The van der Waals surface area contributed by atoms with Gasteiger partial charge in [-0.15, -0.1) is 0 Å². The van der Waals surface area contributed by atoms with Crippen LogP contribution in [-0.2, 0) is 18.8 Å². The normalized spacial score (nSPS) is 21.5. The van der Waals surface area contributed by atoms with E-state index in [1.807, 2.05) is 6.92 Å². The van der Waals surface area contributed by atoms with Gasteiger partial charge in [-0.05, 0) is 68.4 Å². The zero-order chi connectivity index (χ0) is 32.3. The van der Waals surface area contributed by atoms with E-state index in [4.69, 9.17) is 9.16 Å². The van der Waals surface area contributed by atoms with E-state index in [-0.39, 0.29) is 47.1 Å². The van der Waals surface area contributed by atoms with Gasteiger partial charge in [-0.3, -0.25) is 9.59 Å². The first-order valence-electron chi connectivity index (χ1n) is 16.7. The summed E-state index contributed by atoms with van der Waals surface area (Å²) in [7, 11) is 1.01. The van der Waals surface area contributed by atoms with Gasteiger partial charge in [0.05, 0.1) is 18.8 Å². The highest BCUT2D eigenvalue weighted by atomic mass is 35.5. The topological polar surface area (TPSA) is 76.1 Å². The SMILES string of the molecule is CCCCC(C)(O)C/C=C/[C@H]1[C@H](O[Si](C)(c2ccc(N(C)CC)cc2)C(C)(C)C)CC(=O)[C@@H]1CCCCCCC(=O)OC.[Cl-]. The fourth-order valence-corrected chi connectivity index (χ4v) is 9.12. The minimum Gasteiger partial charge on any atom is -1.00 e. The molecule has 2 rings (SSSR count). The number of anilines is 1. The van der Waals surface area contributed by atoms with Crippen LogP contribution in [0.15, 0.2) is 36.4 Å². The summed E-state index contributed by atoms with van der Waals surface area (Å²) in [6.07, 6.45) is 12.9. The summed E-state index contributed by atoms with van der Waals surface area (Å²) in [6, 6.07) is 8.85. The van der Waals surface area contributed by atoms with Crippen LogP contribution < -0.4 is 22.5 Å². The Morgan fingerprint density at radius 2 is 1.70 bits per heavy atom. The maximum absolute atomic E-state index is 13.6. The van der Waals surface area contributed by atoms with E-state index in [9.17, 15) is 14.7 Å². The fraction of sp³-hybridized carbons (Fsp3) is 0.722. The Hall–Kier alpha value is -1.67. The molecule has 8 heteroatoms. The number of nitrogens with zero attached hydrogens (tertiary/aromatic N) is 1. The third-order valence-corrected chi connectivity index (χ3v) is 14.8. The third-order valence-electron chi connectivity index (χ3n) is 9.72. The molecule has 1 N–H and O–H groups in total. The van der Waals surface area contributed by atoms with Crippen molar-refractivity contribution in [3.05, 3.63) is 36.4 Å². The summed E-state index contributed by atoms with van der Waals surface area (Å²) in [5.41, 5.74) is 0.443. The number of methoxy groups -OCH3 is 1. The van der Waals surface area contributed by atoms with Gasteiger partial charge in [0.2, 0.25) is 8.32 Å². The second-order valence-electron chi connectivity index (χ2n) is 14.1. The number of rotatable bonds is 18. The van der Waals surface area contributed by atoms with Crippen molar-refractivity contribution in [2.45, 2.75) is 135 Å². The zero-order valence-corrected chi connectivity index (χ0v) is 30.8. The summed E-state index contributed by atoms with van der Waals surface area (Å²) >= 11 is 0. The maximum atomic E-state index is 13.6. The molecule has 5 atom stereocenters. The molecule has 1 aliphatic carbocycles. The smallest absolute Gasteiger partial charge is 0.305 e. The van der Waals surface area contributed by atoms with E-state index in [0.29, 0.717) is 19.3 Å². The summed E-state index contributed by atoms with van der Waals surface area (Å²) in [6.45, 7) is 16.3. The number of halogens is 1. The van der Waals surface area contributed by atoms with Crippen LogP contribution in [0.3, 0.4) is 0 Å². The first-order chi connectivity index (χ1) is 20.2. The van der Waals surface area contributed by atoms with Crippen molar-refractivity contribution in [2.75, 3.05) is 25.6 Å². The number of Topliss-reactive ketones (excluding diaryl/α,β-unsaturated/α-hetero) is 1. The molecule has 252 valence electrons. The highest BCUT2D eigenvalue weighted by Gasteiger charge is 2.50. The molecule has 1 fully saturated rings. The maximum Gasteiger partial charge on any atom is 0.305 e. The van der Waals surface area contributed by atoms with Crippen LogP contribution in [0, 0.1) is 11.8 Å². The van der Waals surface area contributed by atoms with Gasteiger partial charge < -0.3 is 31.6 Å². The average molecular weight is 651 g/mol. The van der Waals surface area contributed by atoms with Crippen LogP contribution in [0.25, 0.3) is 0 Å². The monoisotopic (exact) mass is 650 g/mol. The van der Waals surface area contributed by atoms with Crippen molar-refractivity contribution in [1.29, 1.82) is 0 Å². The van der Waals surface area contributed by atoms with Crippen LogP contribution in [0.4, 0.5) is 5.69 Å². The van der Waals surface area contributed by atoms with Crippen molar-refractivity contribution in [1.82, 2.24) is 0 Å². The van der Waals surface area contributed by atoms with Gasteiger partial charge in [0.25, 0.3) is 0 Å². The van der Waals surface area contributed by atoms with E-state index in [0.717, 1.165) is 57.9 Å². The van der Waals surface area contributed by atoms with Gasteiger partial charge >= 0.3 is 5.97 Å². The molecule has 0 heterocycles. The predicted molar refractivity (Wildman–Crippen MR) is 181 cm³/mol. The molecular weight excluding hydrogens is 590 g/mol. The number of ketones is 1.